The van der Waals surface area contributed by atoms with Crippen molar-refractivity contribution in [1.29, 1.82) is 0 Å². The lowest BCUT2D eigenvalue weighted by molar-refractivity contribution is 0.551. The highest BCUT2D eigenvalue weighted by molar-refractivity contribution is 5.30. The molecule has 0 unspecified atom stereocenters. The van der Waals surface area contributed by atoms with Gasteiger partial charge in [-0.1, -0.05) is 38.2 Å². The fourth-order valence-corrected chi connectivity index (χ4v) is 1.94. The molecule has 0 aliphatic heterocycles. The van der Waals surface area contributed by atoms with Crippen molar-refractivity contribution in [3.63, 3.8) is 0 Å². The van der Waals surface area contributed by atoms with Crippen LogP contribution >= 0.6 is 0 Å². The van der Waals surface area contributed by atoms with Crippen LogP contribution in [0, 0.1) is 5.92 Å². The van der Waals surface area contributed by atoms with Crippen LogP contribution in [0.3, 0.4) is 0 Å². The first-order valence-corrected chi connectivity index (χ1v) is 4.87. The van der Waals surface area contributed by atoms with Gasteiger partial charge < -0.3 is 0 Å². The van der Waals surface area contributed by atoms with Crippen molar-refractivity contribution in [2.45, 2.75) is 32.1 Å². The fourth-order valence-electron chi connectivity index (χ4n) is 1.94. The molecule has 0 amide bonds. The van der Waals surface area contributed by atoms with Crippen molar-refractivity contribution in [3.05, 3.63) is 41.8 Å². The molecule has 1 fully saturated rings. The Hall–Kier alpha value is -0.910. The van der Waals surface area contributed by atoms with Gasteiger partial charge in [-0.15, -0.1) is 12.1 Å². The second kappa shape index (κ2) is 3.66. The molecule has 1 aromatic carbocycles. The topological polar surface area (TPSA) is 0 Å². The molecule has 64 valence electrons. The molecule has 2 rings (SSSR count). The van der Waals surface area contributed by atoms with Crippen LogP contribution in [0.4, 0.5) is 0 Å². The van der Waals surface area contributed by atoms with E-state index in [9.17, 15) is 0 Å². The maximum Gasteiger partial charge on any atom is -0.0546 e. The third-order valence-electron chi connectivity index (χ3n) is 2.64. The quantitative estimate of drug-likeness (QED) is 0.549. The first kappa shape index (κ1) is 7.72. The molecule has 1 saturated carbocycles. The molecule has 0 radical (unpaired) electrons. The van der Waals surface area contributed by atoms with E-state index in [0.717, 1.165) is 0 Å². The lowest BCUT2D eigenvalue weighted by atomic mass is 9.84. The molecule has 0 saturated heterocycles. The summed E-state index contributed by atoms with van der Waals surface area (Å²) in [6, 6.07) is 10.8. The van der Waals surface area contributed by atoms with E-state index in [1.165, 1.54) is 37.7 Å². The summed E-state index contributed by atoms with van der Waals surface area (Å²) in [5, 5.41) is 0. The molecule has 1 aliphatic carbocycles. The standard InChI is InChI=1S/C12H15/c1-3-7-11(8-4-1)12-9-5-2-6-10-12/h1,3-4,7-8H,2,5-6,9-10H2/q-1. The highest BCUT2D eigenvalue weighted by atomic mass is 14.2. The molecule has 0 heterocycles. The van der Waals surface area contributed by atoms with E-state index in [4.69, 9.17) is 0 Å². The van der Waals surface area contributed by atoms with E-state index in [-0.39, 0.29) is 0 Å². The van der Waals surface area contributed by atoms with Gasteiger partial charge in [-0.2, -0.15) is 23.6 Å². The van der Waals surface area contributed by atoms with Gasteiger partial charge in [0.2, 0.25) is 0 Å². The van der Waals surface area contributed by atoms with Gasteiger partial charge in [0.25, 0.3) is 0 Å². The fraction of sp³-hybridized carbons (Fsp3) is 0.417. The van der Waals surface area contributed by atoms with Crippen LogP contribution in [0.2, 0.25) is 0 Å². The third-order valence-corrected chi connectivity index (χ3v) is 2.64. The molecule has 0 heteroatoms. The molecule has 0 bridgehead atoms. The van der Waals surface area contributed by atoms with E-state index in [2.05, 4.69) is 30.3 Å². The van der Waals surface area contributed by atoms with Gasteiger partial charge in [0.05, 0.1) is 0 Å². The van der Waals surface area contributed by atoms with Crippen molar-refractivity contribution in [2.24, 2.45) is 0 Å². The molecule has 1 aromatic rings. The Morgan fingerprint density at radius 2 is 1.50 bits per heavy atom. The summed E-state index contributed by atoms with van der Waals surface area (Å²) in [6.45, 7) is 0. The molecule has 0 spiro atoms. The molecule has 0 atom stereocenters. The van der Waals surface area contributed by atoms with Crippen LogP contribution < -0.4 is 0 Å². The smallest absolute Gasteiger partial charge is 0.0546 e. The zero-order chi connectivity index (χ0) is 8.23. The molecule has 0 N–H and O–H groups in total. The Bertz CT molecular complexity index is 219. The van der Waals surface area contributed by atoms with E-state index in [1.807, 2.05) is 0 Å². The van der Waals surface area contributed by atoms with Gasteiger partial charge in [0, 0.05) is 0 Å². The van der Waals surface area contributed by atoms with Crippen LogP contribution in [0.25, 0.3) is 0 Å². The first-order chi connectivity index (χ1) is 5.97. The Kier molecular flexibility index (Phi) is 2.36. The van der Waals surface area contributed by atoms with Gasteiger partial charge in [-0.3, -0.25) is 0 Å². The van der Waals surface area contributed by atoms with E-state index in [0.29, 0.717) is 0 Å². The second-order valence-electron chi connectivity index (χ2n) is 3.53. The van der Waals surface area contributed by atoms with Gasteiger partial charge in [0.1, 0.15) is 0 Å². The summed E-state index contributed by atoms with van der Waals surface area (Å²) >= 11 is 0. The lowest BCUT2D eigenvalue weighted by Crippen LogP contribution is -2.04. The molecule has 0 nitrogen and oxygen atoms in total. The van der Waals surface area contributed by atoms with Crippen LogP contribution in [-0.4, -0.2) is 0 Å². The zero-order valence-electron chi connectivity index (χ0n) is 7.42. The summed E-state index contributed by atoms with van der Waals surface area (Å²) in [7, 11) is 0. The first-order valence-electron chi connectivity index (χ1n) is 4.87. The van der Waals surface area contributed by atoms with Crippen molar-refractivity contribution >= 4 is 0 Å². The average Bonchev–Trinajstić information content (AvgIpc) is 2.21. The molecule has 1 aliphatic rings. The SMILES string of the molecule is c1ccc([C-]2CCCCC2)cc1. The lowest BCUT2D eigenvalue weighted by Gasteiger charge is -2.29. The van der Waals surface area contributed by atoms with Gasteiger partial charge >= 0.3 is 0 Å². The minimum Gasteiger partial charge on any atom is -0.189 e. The number of hydrogen-bond acceptors (Lipinski definition) is 0. The van der Waals surface area contributed by atoms with Crippen molar-refractivity contribution < 1.29 is 0 Å². The summed E-state index contributed by atoms with van der Waals surface area (Å²) in [5.41, 5.74) is 1.47. The minimum atomic E-state index is 1.32. The van der Waals surface area contributed by atoms with Crippen molar-refractivity contribution in [3.8, 4) is 0 Å². The van der Waals surface area contributed by atoms with Gasteiger partial charge in [0.15, 0.2) is 0 Å². The molecular formula is C12H15-. The van der Waals surface area contributed by atoms with Crippen LogP contribution in [0.1, 0.15) is 37.7 Å². The Balaban J connectivity index is 2.08. The predicted octanol–water partition coefficient (Wildman–Crippen LogP) is 3.57. The van der Waals surface area contributed by atoms with Gasteiger partial charge in [-0.25, -0.2) is 0 Å². The molecular weight excluding hydrogens is 144 g/mol. The highest BCUT2D eigenvalue weighted by Crippen LogP contribution is 2.31. The highest BCUT2D eigenvalue weighted by Gasteiger charge is 2.06. The Morgan fingerprint density at radius 3 is 2.17 bits per heavy atom. The van der Waals surface area contributed by atoms with E-state index < -0.39 is 0 Å². The predicted molar refractivity (Wildman–Crippen MR) is 51.9 cm³/mol. The Labute approximate surface area is 74.6 Å². The zero-order valence-corrected chi connectivity index (χ0v) is 7.42. The monoisotopic (exact) mass is 159 g/mol. The average molecular weight is 159 g/mol. The molecule has 0 aromatic heterocycles. The van der Waals surface area contributed by atoms with E-state index >= 15 is 0 Å². The Morgan fingerprint density at radius 1 is 0.833 bits per heavy atom. The second-order valence-corrected chi connectivity index (χ2v) is 3.53. The third kappa shape index (κ3) is 1.63. The molecule has 12 heavy (non-hydrogen) atoms. The largest absolute Gasteiger partial charge is 0.189 e. The van der Waals surface area contributed by atoms with E-state index in [1.54, 1.807) is 5.92 Å². The number of benzene rings is 1. The summed E-state index contributed by atoms with van der Waals surface area (Å²) in [6.07, 6.45) is 6.86. The summed E-state index contributed by atoms with van der Waals surface area (Å²) in [4.78, 5) is 0. The minimum absolute atomic E-state index is 1.32. The normalized spacial score (nSPS) is 17.8. The summed E-state index contributed by atoms with van der Waals surface area (Å²) in [5.74, 6) is 1.67. The maximum atomic E-state index is 2.24. The van der Waals surface area contributed by atoms with Crippen molar-refractivity contribution in [1.82, 2.24) is 0 Å². The van der Waals surface area contributed by atoms with Crippen LogP contribution in [0.15, 0.2) is 30.3 Å². The van der Waals surface area contributed by atoms with Gasteiger partial charge in [-0.05, 0) is 0 Å². The number of hydrogen-bond donors (Lipinski definition) is 0. The van der Waals surface area contributed by atoms with Crippen molar-refractivity contribution in [2.75, 3.05) is 0 Å². The maximum absolute atomic E-state index is 2.24. The number of rotatable bonds is 1. The van der Waals surface area contributed by atoms with Crippen LogP contribution in [-0.2, 0) is 0 Å². The van der Waals surface area contributed by atoms with Crippen LogP contribution in [0.5, 0.6) is 0 Å². The summed E-state index contributed by atoms with van der Waals surface area (Å²) < 4.78 is 0.